The fourth-order valence-corrected chi connectivity index (χ4v) is 2.63. The van der Waals surface area contributed by atoms with Crippen LogP contribution in [0.15, 0.2) is 35.1 Å². The first-order valence-corrected chi connectivity index (χ1v) is 7.96. The number of ether oxygens (including phenoxy) is 2. The largest absolute Gasteiger partial charge is 0.486 e. The maximum Gasteiger partial charge on any atom is 0.267 e. The fourth-order valence-electron chi connectivity index (χ4n) is 2.63. The molecule has 1 saturated carbocycles. The number of carbonyl (C=O) groups excluding carboxylic acids is 1. The summed E-state index contributed by atoms with van der Waals surface area (Å²) in [5, 5.41) is 7.04. The molecule has 1 aromatic carbocycles. The molecule has 1 aromatic heterocycles. The normalized spacial score (nSPS) is 15.8. The molecule has 2 aromatic rings. The van der Waals surface area contributed by atoms with E-state index in [1.807, 2.05) is 0 Å². The molecule has 0 radical (unpaired) electrons. The number of hydrogen-bond donors (Lipinski definition) is 1. The van der Waals surface area contributed by atoms with E-state index in [9.17, 15) is 9.59 Å². The number of anilines is 1. The van der Waals surface area contributed by atoms with Crippen molar-refractivity contribution in [3.63, 3.8) is 0 Å². The molecule has 7 nitrogen and oxygen atoms in total. The molecule has 1 N–H and O–H groups in total. The highest BCUT2D eigenvalue weighted by molar-refractivity contribution is 5.90. The van der Waals surface area contributed by atoms with Gasteiger partial charge in [0.25, 0.3) is 5.56 Å². The maximum atomic E-state index is 12.2. The third-order valence-corrected chi connectivity index (χ3v) is 4.00. The smallest absolute Gasteiger partial charge is 0.267 e. The molecule has 0 spiro atoms. The van der Waals surface area contributed by atoms with Crippen LogP contribution >= 0.6 is 0 Å². The van der Waals surface area contributed by atoms with Crippen LogP contribution < -0.4 is 20.3 Å². The second-order valence-electron chi connectivity index (χ2n) is 5.93. The molecule has 24 heavy (non-hydrogen) atoms. The second-order valence-corrected chi connectivity index (χ2v) is 5.93. The van der Waals surface area contributed by atoms with Crippen molar-refractivity contribution in [2.75, 3.05) is 18.5 Å². The summed E-state index contributed by atoms with van der Waals surface area (Å²) in [6.45, 7) is 0.885. The quantitative estimate of drug-likeness (QED) is 0.921. The molecule has 0 bridgehead atoms. The monoisotopic (exact) mass is 327 g/mol. The van der Waals surface area contributed by atoms with Gasteiger partial charge in [-0.2, -0.15) is 5.10 Å². The minimum atomic E-state index is -0.311. The molecule has 1 aliphatic heterocycles. The van der Waals surface area contributed by atoms with Crippen molar-refractivity contribution in [2.24, 2.45) is 0 Å². The van der Waals surface area contributed by atoms with E-state index in [1.165, 1.54) is 10.7 Å². The number of fused-ring (bicyclic) bond motifs is 1. The Hall–Kier alpha value is -2.83. The molecule has 4 rings (SSSR count). The Morgan fingerprint density at radius 3 is 2.75 bits per heavy atom. The Balaban J connectivity index is 1.47. The molecule has 1 aliphatic carbocycles. The highest BCUT2D eigenvalue weighted by Crippen LogP contribution is 2.38. The van der Waals surface area contributed by atoms with Gasteiger partial charge in [0.15, 0.2) is 11.5 Å². The zero-order valence-corrected chi connectivity index (χ0v) is 13.0. The number of carbonyl (C=O) groups is 1. The van der Waals surface area contributed by atoms with E-state index in [-0.39, 0.29) is 18.0 Å². The van der Waals surface area contributed by atoms with Crippen molar-refractivity contribution >= 4 is 11.6 Å². The third-order valence-electron chi connectivity index (χ3n) is 4.00. The highest BCUT2D eigenvalue weighted by Gasteiger charge is 2.25. The minimum absolute atomic E-state index is 0.117. The molecule has 0 saturated heterocycles. The average molecular weight is 327 g/mol. The lowest BCUT2D eigenvalue weighted by Crippen LogP contribution is -2.29. The standard InChI is InChI=1S/C17H17N3O4/c21-16(10-20-17(22)6-4-13(19-20)11-1-2-11)18-12-3-5-14-15(9-12)24-8-7-23-14/h3-6,9,11H,1-2,7-8,10H2,(H,18,21). The zero-order chi connectivity index (χ0) is 16.5. The van der Waals surface area contributed by atoms with Crippen molar-refractivity contribution < 1.29 is 14.3 Å². The predicted molar refractivity (Wildman–Crippen MR) is 86.5 cm³/mol. The van der Waals surface area contributed by atoms with Gasteiger partial charge in [0, 0.05) is 23.7 Å². The molecule has 2 aliphatic rings. The fraction of sp³-hybridized carbons (Fsp3) is 0.353. The van der Waals surface area contributed by atoms with Gasteiger partial charge in [0.05, 0.1) is 5.69 Å². The van der Waals surface area contributed by atoms with Crippen molar-refractivity contribution in [1.29, 1.82) is 0 Å². The summed E-state index contributed by atoms with van der Waals surface area (Å²) in [5.74, 6) is 1.38. The van der Waals surface area contributed by atoms with Crippen LogP contribution in [0.2, 0.25) is 0 Å². The van der Waals surface area contributed by atoms with Crippen LogP contribution in [0.1, 0.15) is 24.5 Å². The van der Waals surface area contributed by atoms with Crippen LogP contribution in [0.4, 0.5) is 5.69 Å². The maximum absolute atomic E-state index is 12.2. The summed E-state index contributed by atoms with van der Waals surface area (Å²) >= 11 is 0. The molecule has 2 heterocycles. The van der Waals surface area contributed by atoms with E-state index in [0.29, 0.717) is 36.3 Å². The number of amides is 1. The first-order chi connectivity index (χ1) is 11.7. The molecule has 1 amide bonds. The summed E-state index contributed by atoms with van der Waals surface area (Å²) in [6, 6.07) is 8.42. The van der Waals surface area contributed by atoms with Gasteiger partial charge in [-0.05, 0) is 31.0 Å². The van der Waals surface area contributed by atoms with Gasteiger partial charge in [-0.3, -0.25) is 9.59 Å². The van der Waals surface area contributed by atoms with E-state index in [0.717, 1.165) is 18.5 Å². The number of aromatic nitrogens is 2. The lowest BCUT2D eigenvalue weighted by atomic mass is 10.2. The first-order valence-electron chi connectivity index (χ1n) is 7.96. The first kappa shape index (κ1) is 14.7. The summed E-state index contributed by atoms with van der Waals surface area (Å²) in [7, 11) is 0. The number of nitrogens with zero attached hydrogens (tertiary/aromatic N) is 2. The molecule has 0 unspecified atom stereocenters. The topological polar surface area (TPSA) is 82.5 Å². The molecular weight excluding hydrogens is 310 g/mol. The Morgan fingerprint density at radius 2 is 1.96 bits per heavy atom. The van der Waals surface area contributed by atoms with Crippen LogP contribution in [0, 0.1) is 0 Å². The van der Waals surface area contributed by atoms with Gasteiger partial charge in [-0.15, -0.1) is 0 Å². The van der Waals surface area contributed by atoms with Crippen molar-refractivity contribution in [3.8, 4) is 11.5 Å². The number of benzene rings is 1. The highest BCUT2D eigenvalue weighted by atomic mass is 16.6. The van der Waals surface area contributed by atoms with Crippen LogP contribution in [0.3, 0.4) is 0 Å². The van der Waals surface area contributed by atoms with Gasteiger partial charge in [-0.1, -0.05) is 0 Å². The van der Waals surface area contributed by atoms with Gasteiger partial charge >= 0.3 is 0 Å². The SMILES string of the molecule is O=C(Cn1nc(C2CC2)ccc1=O)Nc1ccc2c(c1)OCCO2. The van der Waals surface area contributed by atoms with Crippen molar-refractivity contribution in [2.45, 2.75) is 25.3 Å². The summed E-state index contributed by atoms with van der Waals surface area (Å²) < 4.78 is 12.1. The van der Waals surface area contributed by atoms with Crippen molar-refractivity contribution in [1.82, 2.24) is 9.78 Å². The zero-order valence-electron chi connectivity index (χ0n) is 13.0. The molecule has 124 valence electrons. The Morgan fingerprint density at radius 1 is 1.17 bits per heavy atom. The number of hydrogen-bond acceptors (Lipinski definition) is 5. The molecule has 1 fully saturated rings. The summed E-state index contributed by atoms with van der Waals surface area (Å²) in [6.07, 6.45) is 2.18. The third kappa shape index (κ3) is 3.10. The molecular formula is C17H17N3O4. The van der Waals surface area contributed by atoms with Gasteiger partial charge in [-0.25, -0.2) is 4.68 Å². The van der Waals surface area contributed by atoms with Crippen LogP contribution in [0.25, 0.3) is 0 Å². The average Bonchev–Trinajstić information content (AvgIpc) is 3.42. The van der Waals surface area contributed by atoms with E-state index in [2.05, 4.69) is 10.4 Å². The van der Waals surface area contributed by atoms with Gasteiger partial charge in [0.2, 0.25) is 5.91 Å². The second kappa shape index (κ2) is 5.99. The minimum Gasteiger partial charge on any atom is -0.486 e. The number of rotatable bonds is 4. The molecule has 7 heteroatoms. The van der Waals surface area contributed by atoms with Crippen molar-refractivity contribution in [3.05, 3.63) is 46.4 Å². The molecule has 0 atom stereocenters. The lowest BCUT2D eigenvalue weighted by Gasteiger charge is -2.19. The van der Waals surface area contributed by atoms with Gasteiger partial charge in [0.1, 0.15) is 19.8 Å². The van der Waals surface area contributed by atoms with Crippen LogP contribution in [-0.4, -0.2) is 28.9 Å². The van der Waals surface area contributed by atoms with E-state index in [1.54, 1.807) is 24.3 Å². The number of nitrogens with one attached hydrogen (secondary N) is 1. The van der Waals surface area contributed by atoms with E-state index in [4.69, 9.17) is 9.47 Å². The Labute approximate surface area is 138 Å². The van der Waals surface area contributed by atoms with Crippen LogP contribution in [0.5, 0.6) is 11.5 Å². The summed E-state index contributed by atoms with van der Waals surface area (Å²) in [5.41, 5.74) is 1.19. The Kier molecular flexibility index (Phi) is 3.68. The van der Waals surface area contributed by atoms with E-state index < -0.39 is 0 Å². The predicted octanol–water partition coefficient (Wildman–Crippen LogP) is 1.53. The summed E-state index contributed by atoms with van der Waals surface area (Å²) in [4.78, 5) is 24.1. The van der Waals surface area contributed by atoms with Gasteiger partial charge < -0.3 is 14.8 Å². The Bertz CT molecular complexity index is 842. The van der Waals surface area contributed by atoms with Crippen LogP contribution in [-0.2, 0) is 11.3 Å². The lowest BCUT2D eigenvalue weighted by molar-refractivity contribution is -0.117. The van der Waals surface area contributed by atoms with E-state index >= 15 is 0 Å².